The van der Waals surface area contributed by atoms with Gasteiger partial charge in [0, 0.05) is 30.0 Å². The zero-order chi connectivity index (χ0) is 23.7. The maximum absolute atomic E-state index is 12.4. The number of hydrogen-bond acceptors (Lipinski definition) is 4. The van der Waals surface area contributed by atoms with Crippen molar-refractivity contribution in [1.29, 1.82) is 0 Å². The smallest absolute Gasteiger partial charge is 0.302 e. The lowest BCUT2D eigenvalue weighted by Gasteiger charge is -2.57. The summed E-state index contributed by atoms with van der Waals surface area (Å²) in [4.78, 5) is 28.5. The summed E-state index contributed by atoms with van der Waals surface area (Å²) < 4.78 is 7.80. The van der Waals surface area contributed by atoms with Gasteiger partial charge in [0.25, 0.3) is 0 Å². The highest BCUT2D eigenvalue weighted by molar-refractivity contribution is 5.90. The molecule has 4 aliphatic rings. The Hall–Kier alpha value is -2.69. The van der Waals surface area contributed by atoms with Gasteiger partial charge in [-0.1, -0.05) is 37.6 Å². The number of allylic oxidation sites excluding steroid dienone is 3. The molecule has 2 saturated carbocycles. The van der Waals surface area contributed by atoms with Gasteiger partial charge in [-0.25, -0.2) is 4.98 Å². The van der Waals surface area contributed by atoms with E-state index in [0.29, 0.717) is 17.8 Å². The third-order valence-corrected chi connectivity index (χ3v) is 9.90. The molecule has 0 aliphatic heterocycles. The number of aldehydes is 1. The van der Waals surface area contributed by atoms with Crippen LogP contribution in [-0.4, -0.2) is 27.9 Å². The van der Waals surface area contributed by atoms with E-state index in [0.717, 1.165) is 61.4 Å². The Morgan fingerprint density at radius 1 is 1.12 bits per heavy atom. The van der Waals surface area contributed by atoms with Crippen LogP contribution in [0.25, 0.3) is 16.7 Å². The molecular weight excluding hydrogens is 424 g/mol. The van der Waals surface area contributed by atoms with Crippen molar-refractivity contribution in [3.8, 4) is 0 Å². The number of hydrogen-bond donors (Lipinski definition) is 0. The predicted octanol–water partition coefficient (Wildman–Crippen LogP) is 5.95. The largest absolute Gasteiger partial charge is 0.462 e. The fourth-order valence-corrected chi connectivity index (χ4v) is 8.33. The van der Waals surface area contributed by atoms with Gasteiger partial charge >= 0.3 is 5.97 Å². The molecule has 34 heavy (non-hydrogen) atoms. The Morgan fingerprint density at radius 2 is 1.91 bits per heavy atom. The molecule has 2 fully saturated rings. The second kappa shape index (κ2) is 7.66. The molecule has 0 saturated heterocycles. The van der Waals surface area contributed by atoms with Crippen molar-refractivity contribution in [3.63, 3.8) is 0 Å². The van der Waals surface area contributed by atoms with E-state index in [4.69, 9.17) is 4.74 Å². The number of carbonyl (C=O) groups is 2. The number of carbonyl (C=O) groups excluding carboxylic acids is 2. The molecule has 1 aromatic carbocycles. The quantitative estimate of drug-likeness (QED) is 0.324. The molecule has 1 heterocycles. The average Bonchev–Trinajstić information content (AvgIpc) is 3.36. The lowest BCUT2D eigenvalue weighted by molar-refractivity contribution is -0.148. The van der Waals surface area contributed by atoms with Gasteiger partial charge in [-0.05, 0) is 73.8 Å². The maximum atomic E-state index is 12.4. The van der Waals surface area contributed by atoms with Gasteiger partial charge in [-0.2, -0.15) is 0 Å². The fourth-order valence-electron chi connectivity index (χ4n) is 8.33. The van der Waals surface area contributed by atoms with Crippen LogP contribution in [0.4, 0.5) is 0 Å². The minimum absolute atomic E-state index is 0.0261. The van der Waals surface area contributed by atoms with Gasteiger partial charge in [-0.3, -0.25) is 9.59 Å². The van der Waals surface area contributed by atoms with Crippen LogP contribution in [0.5, 0.6) is 0 Å². The third kappa shape index (κ3) is 3.01. The standard InChI is InChI=1S/C29H34N2O3/c1-18(33)34-21-10-12-28(2)20(15-21)8-9-22-23(28)11-13-29(3)24(22)14-19(16-32)27(29)31-17-30-25-6-4-5-7-26(25)31/h4-8,16-17,21-24H,9-15H2,1-3H3/t21?,22?,23?,24?,28-,29-/m0/s1. The van der Waals surface area contributed by atoms with E-state index in [1.54, 1.807) is 0 Å². The van der Waals surface area contributed by atoms with Gasteiger partial charge in [0.05, 0.1) is 11.0 Å². The first-order valence-corrected chi connectivity index (χ1v) is 12.8. The number of esters is 1. The minimum Gasteiger partial charge on any atom is -0.462 e. The van der Waals surface area contributed by atoms with Gasteiger partial charge in [0.2, 0.25) is 0 Å². The molecule has 0 spiro atoms. The number of imidazole rings is 1. The number of para-hydroxylation sites is 2. The van der Waals surface area contributed by atoms with Crippen LogP contribution in [0.15, 0.2) is 47.8 Å². The summed E-state index contributed by atoms with van der Waals surface area (Å²) in [5.41, 5.74) is 5.83. The van der Waals surface area contributed by atoms with E-state index in [9.17, 15) is 9.59 Å². The summed E-state index contributed by atoms with van der Waals surface area (Å²) in [7, 11) is 0. The van der Waals surface area contributed by atoms with Crippen LogP contribution >= 0.6 is 0 Å². The molecular formula is C29H34N2O3. The van der Waals surface area contributed by atoms with Gasteiger partial charge in [-0.15, -0.1) is 0 Å². The van der Waals surface area contributed by atoms with E-state index >= 15 is 0 Å². The molecule has 6 atom stereocenters. The van der Waals surface area contributed by atoms with Crippen LogP contribution < -0.4 is 0 Å². The number of benzene rings is 1. The molecule has 4 aliphatic carbocycles. The Labute approximate surface area is 201 Å². The molecule has 5 nitrogen and oxygen atoms in total. The van der Waals surface area contributed by atoms with E-state index < -0.39 is 0 Å². The number of fused-ring (bicyclic) bond motifs is 6. The van der Waals surface area contributed by atoms with E-state index in [1.807, 2.05) is 24.5 Å². The van der Waals surface area contributed by atoms with Crippen molar-refractivity contribution in [3.05, 3.63) is 47.8 Å². The average molecular weight is 459 g/mol. The van der Waals surface area contributed by atoms with Gasteiger partial charge in [0.15, 0.2) is 0 Å². The minimum atomic E-state index is -0.172. The van der Waals surface area contributed by atoms with Crippen LogP contribution in [0.3, 0.4) is 0 Å². The number of aromatic nitrogens is 2. The molecule has 6 rings (SSSR count). The van der Waals surface area contributed by atoms with Crippen molar-refractivity contribution in [2.75, 3.05) is 0 Å². The highest BCUT2D eigenvalue weighted by atomic mass is 16.5. The van der Waals surface area contributed by atoms with E-state index in [1.165, 1.54) is 24.6 Å². The van der Waals surface area contributed by atoms with Gasteiger partial charge in [0.1, 0.15) is 18.7 Å². The molecule has 0 radical (unpaired) electrons. The molecule has 0 amide bonds. The second-order valence-electron chi connectivity index (χ2n) is 11.5. The lowest BCUT2D eigenvalue weighted by atomic mass is 9.47. The SMILES string of the molecule is CC(=O)OC1CC[C@@]2(C)C(=CCC3C2CC[C@]2(C)C(n4cnc5ccccc54)=C(C=O)CC32)C1. The van der Waals surface area contributed by atoms with Crippen LogP contribution in [0.2, 0.25) is 0 Å². The first-order chi connectivity index (χ1) is 16.3. The molecule has 2 aromatic rings. The first kappa shape index (κ1) is 21.8. The molecule has 178 valence electrons. The zero-order valence-electron chi connectivity index (χ0n) is 20.4. The highest BCUT2D eigenvalue weighted by Crippen LogP contribution is 2.66. The molecule has 4 unspecified atom stereocenters. The van der Waals surface area contributed by atoms with Crippen molar-refractivity contribution >= 4 is 29.0 Å². The summed E-state index contributed by atoms with van der Waals surface area (Å²) in [6.45, 7) is 6.36. The van der Waals surface area contributed by atoms with Crippen LogP contribution in [0, 0.1) is 28.6 Å². The Balaban J connectivity index is 1.35. The predicted molar refractivity (Wildman–Crippen MR) is 132 cm³/mol. The molecule has 1 aromatic heterocycles. The molecule has 0 N–H and O–H groups in total. The maximum Gasteiger partial charge on any atom is 0.302 e. The summed E-state index contributed by atoms with van der Waals surface area (Å²) in [6.07, 6.45) is 12.6. The zero-order valence-corrected chi connectivity index (χ0v) is 20.4. The van der Waals surface area contributed by atoms with Crippen molar-refractivity contribution in [2.45, 2.75) is 71.8 Å². The first-order valence-electron chi connectivity index (χ1n) is 12.8. The van der Waals surface area contributed by atoms with E-state index in [2.05, 4.69) is 35.5 Å². The topological polar surface area (TPSA) is 61.2 Å². The third-order valence-electron chi connectivity index (χ3n) is 9.90. The van der Waals surface area contributed by atoms with Gasteiger partial charge < -0.3 is 9.30 Å². The monoisotopic (exact) mass is 458 g/mol. The Morgan fingerprint density at radius 3 is 2.71 bits per heavy atom. The summed E-state index contributed by atoms with van der Waals surface area (Å²) >= 11 is 0. The molecule has 0 bridgehead atoms. The number of nitrogens with zero attached hydrogens (tertiary/aromatic N) is 2. The van der Waals surface area contributed by atoms with Crippen LogP contribution in [0.1, 0.15) is 65.7 Å². The number of rotatable bonds is 3. The summed E-state index contributed by atoms with van der Waals surface area (Å²) in [5, 5.41) is 0. The highest BCUT2D eigenvalue weighted by Gasteiger charge is 2.58. The fraction of sp³-hybridized carbons (Fsp3) is 0.552. The van der Waals surface area contributed by atoms with Crippen LogP contribution in [-0.2, 0) is 14.3 Å². The summed E-state index contributed by atoms with van der Waals surface area (Å²) in [6, 6.07) is 8.22. The Kier molecular flexibility index (Phi) is 4.91. The lowest BCUT2D eigenvalue weighted by Crippen LogP contribution is -2.50. The summed E-state index contributed by atoms with van der Waals surface area (Å²) in [5.74, 6) is 1.48. The molecule has 5 heteroatoms. The Bertz CT molecular complexity index is 1240. The second-order valence-corrected chi connectivity index (χ2v) is 11.5. The number of ether oxygens (including phenoxy) is 1. The van der Waals surface area contributed by atoms with E-state index in [-0.39, 0.29) is 22.9 Å². The normalized spacial score (nSPS) is 37.0. The van der Waals surface area contributed by atoms with Crippen molar-refractivity contribution in [1.82, 2.24) is 9.55 Å². The van der Waals surface area contributed by atoms with Crippen molar-refractivity contribution in [2.24, 2.45) is 28.6 Å². The van der Waals surface area contributed by atoms with Crippen molar-refractivity contribution < 1.29 is 14.3 Å².